The Hall–Kier alpha value is -3.57. The van der Waals surface area contributed by atoms with Gasteiger partial charge in [-0.15, -0.1) is 11.8 Å². The van der Waals surface area contributed by atoms with E-state index in [-0.39, 0.29) is 64.0 Å². The lowest BCUT2D eigenvalue weighted by molar-refractivity contribution is -0.123. The first-order valence-electron chi connectivity index (χ1n) is 15.0. The van der Waals surface area contributed by atoms with Crippen LogP contribution in [0, 0.1) is 36.5 Å². The van der Waals surface area contributed by atoms with Crippen molar-refractivity contribution in [3.8, 4) is 5.75 Å². The number of fused-ring (bicyclic) bond motifs is 9. The number of thiazole rings is 1. The molecule has 2 aliphatic carbocycles. The molecule has 2 saturated carbocycles. The second kappa shape index (κ2) is 11.3. The Morgan fingerprint density at radius 1 is 0.978 bits per heavy atom. The van der Waals surface area contributed by atoms with Crippen molar-refractivity contribution in [1.29, 1.82) is 0 Å². The predicted molar refractivity (Wildman–Crippen MR) is 179 cm³/mol. The lowest BCUT2D eigenvalue weighted by atomic mass is 9.68. The van der Waals surface area contributed by atoms with Crippen molar-refractivity contribution in [1.82, 2.24) is 4.98 Å². The molecule has 0 radical (unpaired) electrons. The molecule has 3 amide bonds. The van der Waals surface area contributed by atoms with E-state index >= 15 is 0 Å². The number of aromatic amines is 1. The van der Waals surface area contributed by atoms with Crippen molar-refractivity contribution in [2.24, 2.45) is 29.6 Å². The van der Waals surface area contributed by atoms with Gasteiger partial charge in [-0.25, -0.2) is 0 Å². The van der Waals surface area contributed by atoms with E-state index in [9.17, 15) is 19.2 Å². The van der Waals surface area contributed by atoms with Crippen LogP contribution in [-0.2, 0) is 14.4 Å². The Bertz CT molecular complexity index is 1980. The zero-order chi connectivity index (χ0) is 31.9. The number of nitrogens with zero attached hydrogens (tertiary/aromatic N) is 1. The fourth-order valence-electron chi connectivity index (χ4n) is 8.10. The second-order valence-electron chi connectivity index (χ2n) is 12.3. The average Bonchev–Trinajstić information content (AvgIpc) is 3.77. The van der Waals surface area contributed by atoms with E-state index < -0.39 is 5.92 Å². The number of H-pyrrole nitrogens is 1. The van der Waals surface area contributed by atoms with Gasteiger partial charge >= 0.3 is 4.87 Å². The average molecular weight is 693 g/mol. The van der Waals surface area contributed by atoms with Gasteiger partial charge in [0.15, 0.2) is 6.61 Å². The van der Waals surface area contributed by atoms with Gasteiger partial charge in [0.2, 0.25) is 11.8 Å². The van der Waals surface area contributed by atoms with E-state index in [0.717, 1.165) is 27.5 Å². The molecular weight excluding hydrogens is 665 g/mol. The molecule has 1 saturated heterocycles. The zero-order valence-corrected chi connectivity index (χ0v) is 27.5. The van der Waals surface area contributed by atoms with Gasteiger partial charge in [-0.3, -0.25) is 24.1 Å². The lowest BCUT2D eigenvalue weighted by Crippen LogP contribution is -2.42. The smallest absolute Gasteiger partial charge is 0.305 e. The first-order valence-corrected chi connectivity index (χ1v) is 17.5. The van der Waals surface area contributed by atoms with Crippen molar-refractivity contribution in [3.05, 3.63) is 102 Å². The molecule has 0 unspecified atom stereocenters. The SMILES string of the molecule is Cc1ccc(N2C(=O)[C@H]3[C@H]4C[C@@H]([C@@H]3C2=O)[C@@H]2[C@H](c3ccccc3OCC(=O)Nc3ccc(Cl)c(Cl)c3)c3sc(=O)[nH]c3S[C@H]42)cc1. The van der Waals surface area contributed by atoms with E-state index in [1.54, 1.807) is 30.0 Å². The fraction of sp³-hybridized carbons (Fsp3) is 0.294. The van der Waals surface area contributed by atoms with Gasteiger partial charge in [-0.2, -0.15) is 0 Å². The van der Waals surface area contributed by atoms with Crippen molar-refractivity contribution >= 4 is 75.4 Å². The van der Waals surface area contributed by atoms with Gasteiger partial charge < -0.3 is 15.0 Å². The van der Waals surface area contributed by atoms with E-state index in [2.05, 4.69) is 10.3 Å². The van der Waals surface area contributed by atoms with Crippen LogP contribution in [0.2, 0.25) is 10.0 Å². The van der Waals surface area contributed by atoms with Crippen molar-refractivity contribution in [3.63, 3.8) is 0 Å². The summed E-state index contributed by atoms with van der Waals surface area (Å²) in [7, 11) is 0. The number of hydrogen-bond acceptors (Lipinski definition) is 7. The van der Waals surface area contributed by atoms with Gasteiger partial charge in [-0.1, -0.05) is 70.4 Å². The van der Waals surface area contributed by atoms with Crippen LogP contribution in [0.5, 0.6) is 5.75 Å². The molecule has 3 aromatic carbocycles. The highest BCUT2D eigenvalue weighted by atomic mass is 35.5. The van der Waals surface area contributed by atoms with Gasteiger partial charge in [0.25, 0.3) is 5.91 Å². The maximum Gasteiger partial charge on any atom is 0.305 e. The molecule has 8 rings (SSSR count). The number of amides is 3. The number of carbonyl (C=O) groups is 3. The number of hydrogen-bond donors (Lipinski definition) is 2. The van der Waals surface area contributed by atoms with Gasteiger partial charge in [0, 0.05) is 27.3 Å². The van der Waals surface area contributed by atoms with E-state index in [1.807, 2.05) is 55.5 Å². The molecule has 234 valence electrons. The summed E-state index contributed by atoms with van der Waals surface area (Å²) >= 11 is 14.9. The number of rotatable bonds is 6. The molecule has 12 heteroatoms. The van der Waals surface area contributed by atoms with Crippen LogP contribution in [0.1, 0.15) is 28.3 Å². The molecule has 2 N–H and O–H groups in total. The molecule has 0 spiro atoms. The van der Waals surface area contributed by atoms with Crippen LogP contribution in [0.4, 0.5) is 11.4 Å². The number of imide groups is 1. The summed E-state index contributed by atoms with van der Waals surface area (Å²) in [4.78, 5) is 58.7. The summed E-state index contributed by atoms with van der Waals surface area (Å²) in [5.41, 5.74) is 3.02. The number of anilines is 2. The number of aryl methyl sites for hydroxylation is 1. The number of nitrogens with one attached hydrogen (secondary N) is 2. The first-order chi connectivity index (χ1) is 22.2. The minimum atomic E-state index is -0.412. The molecule has 2 aliphatic heterocycles. The highest BCUT2D eigenvalue weighted by Crippen LogP contribution is 2.69. The van der Waals surface area contributed by atoms with Crippen molar-refractivity contribution in [2.75, 3.05) is 16.8 Å². The number of thioether (sulfide) groups is 1. The lowest BCUT2D eigenvalue weighted by Gasteiger charge is -2.43. The quantitative estimate of drug-likeness (QED) is 0.217. The molecule has 2 bridgehead atoms. The number of ether oxygens (including phenoxy) is 1. The molecule has 4 aromatic rings. The van der Waals surface area contributed by atoms with Crippen LogP contribution >= 0.6 is 46.3 Å². The predicted octanol–water partition coefficient (Wildman–Crippen LogP) is 6.75. The number of aromatic nitrogens is 1. The molecule has 3 heterocycles. The third-order valence-electron chi connectivity index (χ3n) is 9.83. The highest BCUT2D eigenvalue weighted by Gasteiger charge is 2.69. The molecule has 3 fully saturated rings. The third kappa shape index (κ3) is 4.72. The summed E-state index contributed by atoms with van der Waals surface area (Å²) in [6.07, 6.45) is 0.779. The zero-order valence-electron chi connectivity index (χ0n) is 24.4. The summed E-state index contributed by atoms with van der Waals surface area (Å²) in [6.45, 7) is 1.72. The van der Waals surface area contributed by atoms with E-state index in [4.69, 9.17) is 27.9 Å². The minimum Gasteiger partial charge on any atom is -0.483 e. The van der Waals surface area contributed by atoms with Crippen LogP contribution in [0.25, 0.3) is 0 Å². The monoisotopic (exact) mass is 691 g/mol. The van der Waals surface area contributed by atoms with Crippen molar-refractivity contribution in [2.45, 2.75) is 29.5 Å². The highest BCUT2D eigenvalue weighted by molar-refractivity contribution is 8.00. The number of para-hydroxylation sites is 1. The molecule has 46 heavy (non-hydrogen) atoms. The minimum absolute atomic E-state index is 0.000275. The van der Waals surface area contributed by atoms with E-state index in [0.29, 0.717) is 27.2 Å². The van der Waals surface area contributed by atoms with Gasteiger partial charge in [0.05, 0.1) is 32.6 Å². The summed E-state index contributed by atoms with van der Waals surface area (Å²) < 4.78 is 6.15. The van der Waals surface area contributed by atoms with Crippen LogP contribution in [0.15, 0.2) is 76.6 Å². The summed E-state index contributed by atoms with van der Waals surface area (Å²) in [6, 6.07) is 19.9. The molecule has 1 aromatic heterocycles. The maximum atomic E-state index is 14.0. The normalized spacial score (nSPS) is 27.4. The molecular formula is C34H27Cl2N3O5S2. The second-order valence-corrected chi connectivity index (χ2v) is 15.3. The van der Waals surface area contributed by atoms with Gasteiger partial charge in [-0.05, 0) is 67.5 Å². The van der Waals surface area contributed by atoms with Gasteiger partial charge in [0.1, 0.15) is 5.75 Å². The standard InChI is InChI=1S/C34H27Cl2N3O5S2/c1-15-6-9-17(10-7-15)39-32(41)27-19-13-20(28(27)33(39)42)29-26(19)25(30-31(45-29)38-34(43)46-30)18-4-2-3-5-23(18)44-14-24(40)37-16-8-11-21(35)22(36)12-16/h2-12,19-20,25-29H,13-14H2,1H3,(H,37,40)(H,38,43)/t19-,20-,25+,26-,27+,28+,29-/m1/s1. The Kier molecular flexibility index (Phi) is 7.32. The summed E-state index contributed by atoms with van der Waals surface area (Å²) in [5, 5.41) is 4.35. The Morgan fingerprint density at radius 3 is 2.48 bits per heavy atom. The third-order valence-corrected chi connectivity index (χ3v) is 13.2. The number of carbonyl (C=O) groups excluding carboxylic acids is 3. The molecule has 8 nitrogen and oxygen atoms in total. The largest absolute Gasteiger partial charge is 0.483 e. The maximum absolute atomic E-state index is 14.0. The number of benzene rings is 3. The fourth-order valence-corrected chi connectivity index (χ4v) is 11.3. The Balaban J connectivity index is 1.11. The molecule has 4 aliphatic rings. The van der Waals surface area contributed by atoms with Crippen LogP contribution in [0.3, 0.4) is 0 Å². The van der Waals surface area contributed by atoms with Crippen LogP contribution < -0.4 is 19.8 Å². The number of halogens is 2. The first kappa shape index (κ1) is 29.8. The van der Waals surface area contributed by atoms with E-state index in [1.165, 1.54) is 16.2 Å². The van der Waals surface area contributed by atoms with Crippen molar-refractivity contribution < 1.29 is 19.1 Å². The Labute approximate surface area is 282 Å². The topological polar surface area (TPSA) is 109 Å². The Morgan fingerprint density at radius 2 is 1.72 bits per heavy atom. The summed E-state index contributed by atoms with van der Waals surface area (Å²) in [5.74, 6) is -1.17. The molecule has 7 atom stereocenters. The van der Waals surface area contributed by atoms with Crippen LogP contribution in [-0.4, -0.2) is 34.6 Å².